The second-order valence-corrected chi connectivity index (χ2v) is 11.4. The van der Waals surface area contributed by atoms with Crippen molar-refractivity contribution in [2.45, 2.75) is 30.4 Å². The van der Waals surface area contributed by atoms with E-state index in [0.29, 0.717) is 28.2 Å². The van der Waals surface area contributed by atoms with Gasteiger partial charge in [-0.3, -0.25) is 9.10 Å². The van der Waals surface area contributed by atoms with Gasteiger partial charge in [-0.1, -0.05) is 60.3 Å². The van der Waals surface area contributed by atoms with Gasteiger partial charge in [0.15, 0.2) is 5.16 Å². The highest BCUT2D eigenvalue weighted by Crippen LogP contribution is 2.43. The number of anilines is 2. The molecule has 0 aliphatic carbocycles. The molecule has 0 bridgehead atoms. The number of thioether (sulfide) groups is 1. The molecule has 0 fully saturated rings. The summed E-state index contributed by atoms with van der Waals surface area (Å²) >= 11 is 1.07. The Balaban J connectivity index is 1.40. The molecule has 10 heteroatoms. The number of rotatable bonds is 6. The van der Waals surface area contributed by atoms with Crippen LogP contribution in [0.5, 0.6) is 0 Å². The molecule has 3 aromatic carbocycles. The first-order chi connectivity index (χ1) is 17.7. The molecule has 5 rings (SSSR count). The standard InChI is InChI=1S/C27H23FN4O3S2/c1-17-7-3-4-8-19(17)15-32-23-10-6-5-9-21(23)26-24(37(32,34)35)14-29-27(31-26)36-16-25(33)30-20-12-11-18(2)22(28)13-20/h3-14H,15-16H2,1-2H3,(H,30,33). The van der Waals surface area contributed by atoms with Gasteiger partial charge < -0.3 is 5.32 Å². The second kappa shape index (κ2) is 9.95. The number of benzene rings is 3. The van der Waals surface area contributed by atoms with Crippen LogP contribution in [0.15, 0.2) is 83.0 Å². The molecule has 1 N–H and O–H groups in total. The third-order valence-corrected chi connectivity index (χ3v) is 8.71. The molecule has 0 radical (unpaired) electrons. The molecule has 4 aromatic rings. The maximum atomic E-state index is 13.8. The van der Waals surface area contributed by atoms with E-state index in [1.807, 2.05) is 43.3 Å². The molecule has 7 nitrogen and oxygen atoms in total. The number of aryl methyl sites for hydroxylation is 2. The molecule has 2 heterocycles. The molecule has 0 spiro atoms. The largest absolute Gasteiger partial charge is 0.325 e. The number of carbonyl (C=O) groups excluding carboxylic acids is 1. The number of sulfonamides is 1. The molecule has 188 valence electrons. The molecule has 1 aliphatic heterocycles. The minimum Gasteiger partial charge on any atom is -0.325 e. The highest BCUT2D eigenvalue weighted by molar-refractivity contribution is 7.99. The SMILES string of the molecule is Cc1ccc(NC(=O)CSc2ncc3c(n2)-c2ccccc2N(Cc2ccccc2C)S3(=O)=O)cc1F. The Kier molecular flexibility index (Phi) is 6.70. The number of para-hydroxylation sites is 1. The van der Waals surface area contributed by atoms with Gasteiger partial charge in [-0.15, -0.1) is 0 Å². The van der Waals surface area contributed by atoms with Gasteiger partial charge in [-0.25, -0.2) is 22.8 Å². The summed E-state index contributed by atoms with van der Waals surface area (Å²) in [6, 6.07) is 19.3. The normalized spacial score (nSPS) is 13.5. The van der Waals surface area contributed by atoms with Crippen LogP contribution in [0.1, 0.15) is 16.7 Å². The van der Waals surface area contributed by atoms with Crippen LogP contribution in [-0.2, 0) is 21.4 Å². The van der Waals surface area contributed by atoms with Crippen LogP contribution in [0.4, 0.5) is 15.8 Å². The van der Waals surface area contributed by atoms with Gasteiger partial charge in [0, 0.05) is 11.3 Å². The van der Waals surface area contributed by atoms with Gasteiger partial charge >= 0.3 is 0 Å². The number of halogens is 1. The molecular formula is C27H23FN4O3S2. The van der Waals surface area contributed by atoms with Crippen LogP contribution >= 0.6 is 11.8 Å². The topological polar surface area (TPSA) is 92.3 Å². The first-order valence-electron chi connectivity index (χ1n) is 11.5. The van der Waals surface area contributed by atoms with Crippen LogP contribution in [0.25, 0.3) is 11.3 Å². The number of aromatic nitrogens is 2. The van der Waals surface area contributed by atoms with Crippen LogP contribution in [-0.4, -0.2) is 30.0 Å². The first-order valence-corrected chi connectivity index (χ1v) is 13.9. The molecule has 0 saturated carbocycles. The summed E-state index contributed by atoms with van der Waals surface area (Å²) in [6.07, 6.45) is 1.30. The van der Waals surface area contributed by atoms with Crippen molar-refractivity contribution in [3.8, 4) is 11.3 Å². The Labute approximate surface area is 218 Å². The smallest absolute Gasteiger partial charge is 0.268 e. The molecular weight excluding hydrogens is 511 g/mol. The van der Waals surface area contributed by atoms with Crippen molar-refractivity contribution >= 4 is 39.1 Å². The zero-order valence-corrected chi connectivity index (χ0v) is 21.7. The van der Waals surface area contributed by atoms with E-state index in [-0.39, 0.29) is 28.3 Å². The van der Waals surface area contributed by atoms with E-state index in [1.54, 1.807) is 31.2 Å². The number of hydrogen-bond acceptors (Lipinski definition) is 6. The van der Waals surface area contributed by atoms with Gasteiger partial charge in [0.1, 0.15) is 10.7 Å². The summed E-state index contributed by atoms with van der Waals surface area (Å²) in [4.78, 5) is 21.2. The summed E-state index contributed by atoms with van der Waals surface area (Å²) in [5.74, 6) is -0.783. The predicted molar refractivity (Wildman–Crippen MR) is 143 cm³/mol. The lowest BCUT2D eigenvalue weighted by Gasteiger charge is -2.31. The second-order valence-electron chi connectivity index (χ2n) is 8.62. The lowest BCUT2D eigenvalue weighted by Crippen LogP contribution is -2.34. The summed E-state index contributed by atoms with van der Waals surface area (Å²) < 4.78 is 42.5. The van der Waals surface area contributed by atoms with E-state index in [2.05, 4.69) is 15.3 Å². The highest BCUT2D eigenvalue weighted by atomic mass is 32.2. The Morgan fingerprint density at radius 1 is 1.03 bits per heavy atom. The van der Waals surface area contributed by atoms with E-state index >= 15 is 0 Å². The van der Waals surface area contributed by atoms with Crippen molar-refractivity contribution in [2.75, 3.05) is 15.4 Å². The van der Waals surface area contributed by atoms with E-state index in [9.17, 15) is 17.6 Å². The monoisotopic (exact) mass is 534 g/mol. The van der Waals surface area contributed by atoms with Crippen molar-refractivity contribution in [3.63, 3.8) is 0 Å². The quantitative estimate of drug-likeness (QED) is 0.265. The zero-order valence-electron chi connectivity index (χ0n) is 20.1. The molecule has 0 atom stereocenters. The van der Waals surface area contributed by atoms with Crippen LogP contribution < -0.4 is 9.62 Å². The average molecular weight is 535 g/mol. The van der Waals surface area contributed by atoms with E-state index in [1.165, 1.54) is 16.6 Å². The molecule has 0 saturated heterocycles. The highest BCUT2D eigenvalue weighted by Gasteiger charge is 2.36. The van der Waals surface area contributed by atoms with Crippen molar-refractivity contribution in [2.24, 2.45) is 0 Å². The molecule has 0 unspecified atom stereocenters. The van der Waals surface area contributed by atoms with Gasteiger partial charge in [0.05, 0.1) is 29.9 Å². The van der Waals surface area contributed by atoms with E-state index in [4.69, 9.17) is 0 Å². The molecule has 37 heavy (non-hydrogen) atoms. The lowest BCUT2D eigenvalue weighted by atomic mass is 10.1. The Hall–Kier alpha value is -3.76. The number of carbonyl (C=O) groups is 1. The summed E-state index contributed by atoms with van der Waals surface area (Å²) in [6.45, 7) is 3.77. The Morgan fingerprint density at radius 2 is 1.78 bits per heavy atom. The van der Waals surface area contributed by atoms with E-state index < -0.39 is 15.8 Å². The number of nitrogens with one attached hydrogen (secondary N) is 1. The van der Waals surface area contributed by atoms with Crippen molar-refractivity contribution in [1.82, 2.24) is 9.97 Å². The number of amides is 1. The first kappa shape index (κ1) is 24.9. The van der Waals surface area contributed by atoms with Crippen molar-refractivity contribution < 1.29 is 17.6 Å². The Morgan fingerprint density at radius 3 is 2.57 bits per heavy atom. The third kappa shape index (κ3) is 4.94. The molecule has 1 aliphatic rings. The summed E-state index contributed by atoms with van der Waals surface area (Å²) in [7, 11) is -3.92. The van der Waals surface area contributed by atoms with Gasteiger partial charge in [0.25, 0.3) is 10.0 Å². The predicted octanol–water partition coefficient (Wildman–Crippen LogP) is 5.34. The van der Waals surface area contributed by atoms with Crippen LogP contribution in [0.3, 0.4) is 0 Å². The lowest BCUT2D eigenvalue weighted by molar-refractivity contribution is -0.113. The molecule has 1 aromatic heterocycles. The van der Waals surface area contributed by atoms with Gasteiger partial charge in [-0.05, 0) is 48.7 Å². The van der Waals surface area contributed by atoms with Crippen LogP contribution in [0.2, 0.25) is 0 Å². The van der Waals surface area contributed by atoms with Crippen molar-refractivity contribution in [1.29, 1.82) is 0 Å². The average Bonchev–Trinajstić information content (AvgIpc) is 2.88. The van der Waals surface area contributed by atoms with Crippen LogP contribution in [0, 0.1) is 19.7 Å². The Bertz CT molecular complexity index is 1630. The van der Waals surface area contributed by atoms with Crippen molar-refractivity contribution in [3.05, 3.63) is 95.4 Å². The van der Waals surface area contributed by atoms with Gasteiger partial charge in [0.2, 0.25) is 5.91 Å². The number of hydrogen-bond donors (Lipinski definition) is 1. The number of nitrogens with zero attached hydrogens (tertiary/aromatic N) is 3. The maximum Gasteiger partial charge on any atom is 0.268 e. The minimum absolute atomic E-state index is 0.0173. The summed E-state index contributed by atoms with van der Waals surface area (Å²) in [5.41, 5.74) is 4.25. The fraction of sp³-hybridized carbons (Fsp3) is 0.148. The minimum atomic E-state index is -3.92. The van der Waals surface area contributed by atoms with Gasteiger partial charge in [-0.2, -0.15) is 0 Å². The fourth-order valence-corrected chi connectivity index (χ4v) is 6.22. The van der Waals surface area contributed by atoms with E-state index in [0.717, 1.165) is 22.9 Å². The number of fused-ring (bicyclic) bond motifs is 3. The zero-order chi connectivity index (χ0) is 26.2. The summed E-state index contributed by atoms with van der Waals surface area (Å²) in [5, 5.41) is 2.91. The third-order valence-electron chi connectivity index (χ3n) is 6.09. The fourth-order valence-electron chi connectivity index (χ4n) is 4.06. The molecule has 1 amide bonds. The maximum absolute atomic E-state index is 13.8.